The minimum atomic E-state index is 0.283. The Labute approximate surface area is 82.9 Å². The average molecular weight is 190 g/mol. The van der Waals surface area contributed by atoms with Crippen LogP contribution in [-0.4, -0.2) is 6.54 Å². The second-order valence-corrected chi connectivity index (χ2v) is 2.91. The highest BCUT2D eigenvalue weighted by atomic mass is 14.7. The van der Waals surface area contributed by atoms with Crippen molar-refractivity contribution in [2.75, 3.05) is 18.0 Å². The molecule has 0 aromatic heterocycles. The van der Waals surface area contributed by atoms with E-state index in [0.29, 0.717) is 17.1 Å². The van der Waals surface area contributed by atoms with Crippen molar-refractivity contribution in [2.45, 2.75) is 0 Å². The highest BCUT2D eigenvalue weighted by molar-refractivity contribution is 5.68. The van der Waals surface area contributed by atoms with Gasteiger partial charge in [-0.1, -0.05) is 11.8 Å². The van der Waals surface area contributed by atoms with E-state index in [-0.39, 0.29) is 6.54 Å². The van der Waals surface area contributed by atoms with Gasteiger partial charge in [0.15, 0.2) is 0 Å². The van der Waals surface area contributed by atoms with Gasteiger partial charge in [-0.25, -0.2) is 0 Å². The van der Waals surface area contributed by atoms with Crippen molar-refractivity contribution in [2.24, 2.45) is 11.5 Å². The summed E-state index contributed by atoms with van der Waals surface area (Å²) >= 11 is 0. The molecule has 4 heteroatoms. The van der Waals surface area contributed by atoms with Gasteiger partial charge in [-0.2, -0.15) is 0 Å². The molecular weight excluding hydrogens is 176 g/mol. The van der Waals surface area contributed by atoms with Crippen LogP contribution >= 0.6 is 0 Å². The zero-order chi connectivity index (χ0) is 10.6. The molecule has 0 fully saturated rings. The van der Waals surface area contributed by atoms with E-state index in [1.807, 2.05) is 6.07 Å². The summed E-state index contributed by atoms with van der Waals surface area (Å²) < 4.78 is 0. The van der Waals surface area contributed by atoms with Crippen molar-refractivity contribution >= 4 is 17.5 Å². The average Bonchev–Trinajstić information content (AvgIpc) is 2.16. The Morgan fingerprint density at radius 2 is 2.07 bits per heavy atom. The molecule has 1 rings (SSSR count). The molecule has 0 atom stereocenters. The van der Waals surface area contributed by atoms with Gasteiger partial charge in [-0.3, -0.25) is 0 Å². The molecule has 4 nitrogen and oxygen atoms in total. The molecule has 14 heavy (non-hydrogen) atoms. The predicted octanol–water partition coefficient (Wildman–Crippen LogP) is 0.264. The van der Waals surface area contributed by atoms with Crippen LogP contribution in [0.2, 0.25) is 0 Å². The molecule has 0 aliphatic rings. The van der Waals surface area contributed by atoms with Gasteiger partial charge in [0, 0.05) is 23.5 Å². The summed E-state index contributed by atoms with van der Waals surface area (Å²) in [6.07, 6.45) is 1.69. The lowest BCUT2D eigenvalue weighted by atomic mass is 10.1. The molecule has 1 aromatic rings. The monoisotopic (exact) mass is 190 g/mol. The van der Waals surface area contributed by atoms with E-state index in [0.717, 1.165) is 5.56 Å². The summed E-state index contributed by atoms with van der Waals surface area (Å²) in [5.41, 5.74) is 27.4. The number of rotatable bonds is 2. The van der Waals surface area contributed by atoms with Crippen LogP contribution in [0.15, 0.2) is 29.6 Å². The minimum absolute atomic E-state index is 0.283. The maximum atomic E-state index is 5.72. The van der Waals surface area contributed by atoms with Crippen molar-refractivity contribution in [3.05, 3.63) is 35.2 Å². The Kier molecular flexibility index (Phi) is 3.18. The molecule has 0 saturated heterocycles. The Morgan fingerprint density at radius 1 is 1.36 bits per heavy atom. The van der Waals surface area contributed by atoms with Crippen molar-refractivity contribution in [3.63, 3.8) is 0 Å². The lowest BCUT2D eigenvalue weighted by Gasteiger charge is -2.00. The molecule has 1 aromatic carbocycles. The molecule has 0 spiro atoms. The van der Waals surface area contributed by atoms with Gasteiger partial charge in [0.25, 0.3) is 0 Å². The van der Waals surface area contributed by atoms with Crippen molar-refractivity contribution in [1.82, 2.24) is 0 Å². The Bertz CT molecular complexity index is 389. The van der Waals surface area contributed by atoms with Crippen molar-refractivity contribution in [3.8, 4) is 0 Å². The van der Waals surface area contributed by atoms with E-state index < -0.39 is 0 Å². The molecular formula is C10H14N4. The fourth-order valence-electron chi connectivity index (χ4n) is 0.954. The molecule has 0 bridgehead atoms. The van der Waals surface area contributed by atoms with Crippen LogP contribution in [0.3, 0.4) is 0 Å². The van der Waals surface area contributed by atoms with Crippen LogP contribution in [0.1, 0.15) is 5.56 Å². The van der Waals surface area contributed by atoms with Gasteiger partial charge in [0.1, 0.15) is 0 Å². The number of anilines is 2. The van der Waals surface area contributed by atoms with E-state index in [9.17, 15) is 0 Å². The predicted molar refractivity (Wildman–Crippen MR) is 60.0 cm³/mol. The number of hydrogen-bond donors (Lipinski definition) is 4. The Balaban J connectivity index is 3.04. The van der Waals surface area contributed by atoms with E-state index in [2.05, 4.69) is 5.73 Å². The fourth-order valence-corrected chi connectivity index (χ4v) is 0.954. The lowest BCUT2D eigenvalue weighted by molar-refractivity contribution is 1.11. The summed E-state index contributed by atoms with van der Waals surface area (Å²) in [7, 11) is 0. The Morgan fingerprint density at radius 3 is 2.64 bits per heavy atom. The molecule has 74 valence electrons. The van der Waals surface area contributed by atoms with Gasteiger partial charge >= 0.3 is 0 Å². The fraction of sp³-hybridized carbons (Fsp3) is 0.100. The second kappa shape index (κ2) is 4.37. The highest BCUT2D eigenvalue weighted by Crippen LogP contribution is 2.16. The van der Waals surface area contributed by atoms with Crippen molar-refractivity contribution in [1.29, 1.82) is 0 Å². The third-order valence-electron chi connectivity index (χ3n) is 1.74. The zero-order valence-electron chi connectivity index (χ0n) is 7.83. The zero-order valence-corrected chi connectivity index (χ0v) is 7.83. The van der Waals surface area contributed by atoms with Crippen LogP contribution < -0.4 is 22.9 Å². The van der Waals surface area contributed by atoms with E-state index in [4.69, 9.17) is 22.9 Å². The summed E-state index contributed by atoms with van der Waals surface area (Å²) in [5.74, 6) is 0. The normalized spacial score (nSPS) is 9.21. The first-order valence-corrected chi connectivity index (χ1v) is 4.19. The molecule has 8 N–H and O–H groups in total. The minimum Gasteiger partial charge on any atom is -0.399 e. The summed E-state index contributed by atoms with van der Waals surface area (Å²) in [6, 6.07) is 5.26. The number of nitrogen functional groups attached to an aromatic ring is 2. The lowest BCUT2D eigenvalue weighted by Crippen LogP contribution is -2.09. The SMILES string of the molecule is NCC(N)=C=Cc1ccc(N)cc1N. The van der Waals surface area contributed by atoms with Gasteiger partial charge in [-0.15, -0.1) is 0 Å². The van der Waals surface area contributed by atoms with Crippen LogP contribution in [0.5, 0.6) is 0 Å². The van der Waals surface area contributed by atoms with E-state index in [1.54, 1.807) is 18.2 Å². The van der Waals surface area contributed by atoms with Gasteiger partial charge < -0.3 is 22.9 Å². The van der Waals surface area contributed by atoms with Crippen LogP contribution in [0.4, 0.5) is 11.4 Å². The maximum Gasteiger partial charge on any atom is 0.0650 e. The molecule has 0 amide bonds. The standard InChI is InChI=1S/C10H14N4/c11-6-9(13)4-2-7-1-3-8(12)5-10(7)14/h1-3,5H,6,11-14H2. The van der Waals surface area contributed by atoms with E-state index >= 15 is 0 Å². The molecule has 0 radical (unpaired) electrons. The highest BCUT2D eigenvalue weighted by Gasteiger charge is 1.94. The third kappa shape index (κ3) is 2.55. The summed E-state index contributed by atoms with van der Waals surface area (Å²) in [5, 5.41) is 0. The largest absolute Gasteiger partial charge is 0.399 e. The number of hydrogen-bond acceptors (Lipinski definition) is 4. The third-order valence-corrected chi connectivity index (χ3v) is 1.74. The summed E-state index contributed by atoms with van der Waals surface area (Å²) in [6.45, 7) is 0.283. The van der Waals surface area contributed by atoms with Gasteiger partial charge in [0.05, 0.1) is 5.70 Å². The molecule has 0 unspecified atom stereocenters. The number of benzene rings is 1. The quantitative estimate of drug-likeness (QED) is 0.396. The maximum absolute atomic E-state index is 5.72. The molecule has 0 aliphatic carbocycles. The van der Waals surface area contributed by atoms with Crippen LogP contribution in [0.25, 0.3) is 6.08 Å². The topological polar surface area (TPSA) is 104 Å². The van der Waals surface area contributed by atoms with E-state index in [1.165, 1.54) is 0 Å². The van der Waals surface area contributed by atoms with Crippen molar-refractivity contribution < 1.29 is 0 Å². The molecule has 0 saturated carbocycles. The first-order valence-electron chi connectivity index (χ1n) is 4.19. The number of nitrogens with two attached hydrogens (primary N) is 4. The van der Waals surface area contributed by atoms with Crippen LogP contribution in [-0.2, 0) is 0 Å². The first kappa shape index (κ1) is 10.2. The first-order chi connectivity index (χ1) is 6.63. The molecule has 0 aliphatic heterocycles. The van der Waals surface area contributed by atoms with Gasteiger partial charge in [-0.05, 0) is 18.2 Å². The Hall–Kier alpha value is -1.90. The smallest absolute Gasteiger partial charge is 0.0650 e. The van der Waals surface area contributed by atoms with Gasteiger partial charge in [0.2, 0.25) is 0 Å². The second-order valence-electron chi connectivity index (χ2n) is 2.91. The molecule has 0 heterocycles. The van der Waals surface area contributed by atoms with Crippen LogP contribution in [0, 0.1) is 0 Å². The summed E-state index contributed by atoms with van der Waals surface area (Å²) in [4.78, 5) is 0.